The summed E-state index contributed by atoms with van der Waals surface area (Å²) in [7, 11) is -9.86. The van der Waals surface area contributed by atoms with E-state index in [0.29, 0.717) is 25.7 Å². The van der Waals surface area contributed by atoms with E-state index in [9.17, 15) is 43.2 Å². The Morgan fingerprint density at radius 2 is 0.513 bits per heavy atom. The maximum atomic E-state index is 12.9. The summed E-state index contributed by atoms with van der Waals surface area (Å²) in [5.41, 5.74) is 0. The van der Waals surface area contributed by atoms with Crippen molar-refractivity contribution in [3.63, 3.8) is 0 Å². The molecule has 5 atom stereocenters. The first-order valence-electron chi connectivity index (χ1n) is 31.3. The molecule has 0 aliphatic carbocycles. The van der Waals surface area contributed by atoms with Gasteiger partial charge in [0.1, 0.15) is 19.3 Å². The Hall–Kier alpha value is -1.94. The summed E-state index contributed by atoms with van der Waals surface area (Å²) in [5.74, 6) is -2.15. The van der Waals surface area contributed by atoms with Crippen LogP contribution in [0.15, 0.2) is 0 Å². The van der Waals surface area contributed by atoms with Gasteiger partial charge in [-0.15, -0.1) is 0 Å². The van der Waals surface area contributed by atoms with Crippen LogP contribution in [0, 0.1) is 0 Å². The number of esters is 4. The fourth-order valence-corrected chi connectivity index (χ4v) is 10.3. The van der Waals surface area contributed by atoms with E-state index in [0.717, 1.165) is 103 Å². The Kier molecular flexibility index (Phi) is 53.0. The fourth-order valence-electron chi connectivity index (χ4n) is 8.75. The Morgan fingerprint density at radius 1 is 0.308 bits per heavy atom. The van der Waals surface area contributed by atoms with Crippen molar-refractivity contribution in [3.05, 3.63) is 0 Å². The van der Waals surface area contributed by atoms with Crippen LogP contribution in [0.4, 0.5) is 0 Å². The number of unbranched alkanes of at least 4 members (excludes halogenated alkanes) is 34. The average Bonchev–Trinajstić information content (AvgIpc) is 3.41. The van der Waals surface area contributed by atoms with Crippen molar-refractivity contribution >= 4 is 39.5 Å². The van der Waals surface area contributed by atoms with Crippen molar-refractivity contribution in [1.82, 2.24) is 0 Å². The highest BCUT2D eigenvalue weighted by Crippen LogP contribution is 2.45. The zero-order valence-electron chi connectivity index (χ0n) is 49.6. The largest absolute Gasteiger partial charge is 0.472 e. The smallest absolute Gasteiger partial charge is 0.462 e. The van der Waals surface area contributed by atoms with Crippen molar-refractivity contribution in [2.75, 3.05) is 39.6 Å². The van der Waals surface area contributed by atoms with Gasteiger partial charge in [0.05, 0.1) is 26.4 Å². The lowest BCUT2D eigenvalue weighted by Gasteiger charge is -2.21. The molecule has 19 heteroatoms. The van der Waals surface area contributed by atoms with Crippen molar-refractivity contribution in [3.8, 4) is 0 Å². The van der Waals surface area contributed by atoms with Gasteiger partial charge >= 0.3 is 39.5 Å². The highest BCUT2D eigenvalue weighted by molar-refractivity contribution is 7.47. The minimum atomic E-state index is -4.94. The molecule has 3 N–H and O–H groups in total. The minimum Gasteiger partial charge on any atom is -0.462 e. The van der Waals surface area contributed by atoms with E-state index in [-0.39, 0.29) is 25.7 Å². The summed E-state index contributed by atoms with van der Waals surface area (Å²) >= 11 is 0. The lowest BCUT2D eigenvalue weighted by molar-refractivity contribution is -0.161. The predicted octanol–water partition coefficient (Wildman–Crippen LogP) is 16.0. The number of aliphatic hydroxyl groups excluding tert-OH is 1. The number of hydrogen-bond acceptors (Lipinski definition) is 15. The van der Waals surface area contributed by atoms with Crippen molar-refractivity contribution < 1.29 is 80.2 Å². The number of phosphoric ester groups is 2. The molecule has 0 saturated carbocycles. The van der Waals surface area contributed by atoms with Gasteiger partial charge in [-0.1, -0.05) is 246 Å². The van der Waals surface area contributed by atoms with Crippen molar-refractivity contribution in [2.24, 2.45) is 0 Å². The molecule has 0 aliphatic heterocycles. The van der Waals surface area contributed by atoms with E-state index in [1.54, 1.807) is 0 Å². The number of ether oxygens (including phenoxy) is 4. The summed E-state index contributed by atoms with van der Waals surface area (Å²) in [6.45, 7) is 4.72. The molecule has 0 bridgehead atoms. The van der Waals surface area contributed by atoms with E-state index in [1.165, 1.54) is 116 Å². The van der Waals surface area contributed by atoms with Gasteiger partial charge in [0, 0.05) is 25.7 Å². The van der Waals surface area contributed by atoms with Gasteiger partial charge in [0.25, 0.3) is 0 Å². The molecule has 0 radical (unpaired) electrons. The van der Waals surface area contributed by atoms with Gasteiger partial charge in [0.2, 0.25) is 0 Å². The number of rotatable bonds is 60. The molecule has 0 aromatic carbocycles. The molecule has 0 amide bonds. The molecule has 78 heavy (non-hydrogen) atoms. The number of phosphoric acid groups is 2. The summed E-state index contributed by atoms with van der Waals surface area (Å²) in [6.07, 6.45) is 38.0. The molecule has 0 aliphatic rings. The molecule has 462 valence electrons. The normalized spacial score (nSPS) is 14.3. The third-order valence-corrected chi connectivity index (χ3v) is 15.5. The van der Waals surface area contributed by atoms with Gasteiger partial charge in [-0.25, -0.2) is 9.13 Å². The Morgan fingerprint density at radius 3 is 0.756 bits per heavy atom. The molecule has 0 saturated heterocycles. The standard InChI is InChI=1S/C59H114O17P2/c1-5-9-13-17-20-22-24-25-26-27-29-31-34-38-42-46-59(64)76-55(50-70-57(62)44-40-37-33-30-28-23-21-18-14-10-6-2)52-74-78(67,68)72-48-53(60)47-71-77(65,66)73-51-54(75-58(63)45-41-35-16-12-8-4)49-69-56(61)43-39-36-32-19-15-11-7-3/h53-55,60H,5-52H2,1-4H3,(H,65,66)(H,67,68)/t53-,54+,55+/m0/s1. The highest BCUT2D eigenvalue weighted by Gasteiger charge is 2.30. The number of carbonyl (C=O) groups is 4. The fraction of sp³-hybridized carbons (Fsp3) is 0.932. The summed E-state index contributed by atoms with van der Waals surface area (Å²) < 4.78 is 67.5. The lowest BCUT2D eigenvalue weighted by Crippen LogP contribution is -2.30. The van der Waals surface area contributed by atoms with E-state index in [1.807, 2.05) is 0 Å². The Balaban J connectivity index is 5.14. The maximum Gasteiger partial charge on any atom is 0.472 e. The van der Waals surface area contributed by atoms with Crippen LogP contribution in [0.2, 0.25) is 0 Å². The van der Waals surface area contributed by atoms with Crippen LogP contribution in [0.5, 0.6) is 0 Å². The first kappa shape index (κ1) is 76.1. The molecule has 0 rings (SSSR count). The topological polar surface area (TPSA) is 237 Å². The first-order valence-corrected chi connectivity index (χ1v) is 34.3. The van der Waals surface area contributed by atoms with Crippen LogP contribution >= 0.6 is 15.6 Å². The van der Waals surface area contributed by atoms with Crippen LogP contribution in [-0.2, 0) is 65.4 Å². The van der Waals surface area contributed by atoms with E-state index < -0.39 is 97.5 Å². The Labute approximate surface area is 473 Å². The second kappa shape index (κ2) is 54.3. The van der Waals surface area contributed by atoms with E-state index in [2.05, 4.69) is 27.7 Å². The molecule has 0 spiro atoms. The second-order valence-corrected chi connectivity index (χ2v) is 24.3. The lowest BCUT2D eigenvalue weighted by atomic mass is 10.0. The molecular formula is C59H114O17P2. The SMILES string of the molecule is CCCCCCCCCCCCCCCCCC(=O)O[C@H](COC(=O)CCCCCCCCCCCCC)COP(=O)(O)OC[C@@H](O)COP(=O)(O)OC[C@@H](COC(=O)CCCCCCCCC)OC(=O)CCCCCCC. The van der Waals surface area contributed by atoms with Gasteiger partial charge in [-0.3, -0.25) is 37.3 Å². The van der Waals surface area contributed by atoms with E-state index >= 15 is 0 Å². The molecule has 0 fully saturated rings. The third kappa shape index (κ3) is 53.4. The van der Waals surface area contributed by atoms with Gasteiger partial charge < -0.3 is 33.8 Å². The zero-order valence-corrected chi connectivity index (χ0v) is 51.4. The van der Waals surface area contributed by atoms with Crippen LogP contribution in [-0.4, -0.2) is 96.7 Å². The first-order chi connectivity index (χ1) is 37.7. The second-order valence-electron chi connectivity index (χ2n) is 21.4. The summed E-state index contributed by atoms with van der Waals surface area (Å²) in [4.78, 5) is 71.6. The van der Waals surface area contributed by atoms with Crippen LogP contribution in [0.1, 0.15) is 297 Å². The number of aliphatic hydroxyl groups is 1. The average molecular weight is 1160 g/mol. The number of carbonyl (C=O) groups excluding carboxylic acids is 4. The molecule has 0 aromatic rings. The van der Waals surface area contributed by atoms with E-state index in [4.69, 9.17) is 37.0 Å². The van der Waals surface area contributed by atoms with Crippen molar-refractivity contribution in [2.45, 2.75) is 316 Å². The number of hydrogen-bond donors (Lipinski definition) is 3. The van der Waals surface area contributed by atoms with Gasteiger partial charge in [0.15, 0.2) is 12.2 Å². The molecule has 0 heterocycles. The highest BCUT2D eigenvalue weighted by atomic mass is 31.2. The molecule has 0 aromatic heterocycles. The minimum absolute atomic E-state index is 0.0997. The quantitative estimate of drug-likeness (QED) is 0.0222. The Bertz CT molecular complexity index is 1520. The molecular weight excluding hydrogens is 1040 g/mol. The summed E-state index contributed by atoms with van der Waals surface area (Å²) in [6, 6.07) is 0. The third-order valence-electron chi connectivity index (χ3n) is 13.6. The molecule has 17 nitrogen and oxygen atoms in total. The predicted molar refractivity (Wildman–Crippen MR) is 308 cm³/mol. The van der Waals surface area contributed by atoms with Crippen LogP contribution in [0.25, 0.3) is 0 Å². The van der Waals surface area contributed by atoms with Gasteiger partial charge in [-0.2, -0.15) is 0 Å². The van der Waals surface area contributed by atoms with Crippen LogP contribution in [0.3, 0.4) is 0 Å². The summed E-state index contributed by atoms with van der Waals surface area (Å²) in [5, 5.41) is 10.5. The van der Waals surface area contributed by atoms with Crippen LogP contribution < -0.4 is 0 Å². The van der Waals surface area contributed by atoms with Gasteiger partial charge in [-0.05, 0) is 25.7 Å². The molecule has 2 unspecified atom stereocenters. The zero-order chi connectivity index (χ0) is 57.6. The monoisotopic (exact) mass is 1160 g/mol. The maximum absolute atomic E-state index is 12.9. The van der Waals surface area contributed by atoms with Crippen molar-refractivity contribution in [1.29, 1.82) is 0 Å².